The van der Waals surface area contributed by atoms with Crippen molar-refractivity contribution in [2.45, 2.75) is 51.5 Å². The van der Waals surface area contributed by atoms with Crippen molar-refractivity contribution in [3.05, 3.63) is 46.7 Å². The van der Waals surface area contributed by atoms with Gasteiger partial charge in [-0.05, 0) is 43.9 Å². The third kappa shape index (κ3) is 5.10. The zero-order chi connectivity index (χ0) is 16.8. The third-order valence-corrected chi connectivity index (χ3v) is 4.64. The Kier molecular flexibility index (Phi) is 5.91. The Morgan fingerprint density at radius 1 is 1.08 bits per heavy atom. The van der Waals surface area contributed by atoms with E-state index in [9.17, 15) is 0 Å². The molecule has 5 heteroatoms. The van der Waals surface area contributed by atoms with Crippen LogP contribution in [0, 0.1) is 6.92 Å². The predicted octanol–water partition coefficient (Wildman–Crippen LogP) is 4.84. The second-order valence-electron chi connectivity index (χ2n) is 6.47. The fourth-order valence-corrected chi connectivity index (χ4v) is 3.43. The molecule has 0 amide bonds. The van der Waals surface area contributed by atoms with Crippen LogP contribution in [0.4, 0.5) is 11.6 Å². The number of aromatic nitrogens is 2. The summed E-state index contributed by atoms with van der Waals surface area (Å²) in [5, 5.41) is 7.75. The zero-order valence-electron chi connectivity index (χ0n) is 14.2. The molecule has 1 aromatic carbocycles. The van der Waals surface area contributed by atoms with Crippen LogP contribution in [0.1, 0.15) is 43.5 Å². The standard InChI is InChI=1S/C19H25ClN4/c1-14-22-18(21-11-10-15-6-5-7-16(20)12-15)13-19(23-14)24-17-8-3-2-4-9-17/h5-7,12-13,17H,2-4,8-11H2,1H3,(H2,21,22,23,24). The van der Waals surface area contributed by atoms with Gasteiger partial charge < -0.3 is 10.6 Å². The molecule has 2 aromatic rings. The zero-order valence-corrected chi connectivity index (χ0v) is 14.9. The van der Waals surface area contributed by atoms with Crippen molar-refractivity contribution in [1.29, 1.82) is 0 Å². The van der Waals surface area contributed by atoms with Gasteiger partial charge in [0.05, 0.1) is 0 Å². The summed E-state index contributed by atoms with van der Waals surface area (Å²) in [6, 6.07) is 10.5. The number of rotatable bonds is 6. The van der Waals surface area contributed by atoms with E-state index < -0.39 is 0 Å². The van der Waals surface area contributed by atoms with Crippen LogP contribution in [0.3, 0.4) is 0 Å². The molecule has 0 atom stereocenters. The van der Waals surface area contributed by atoms with Gasteiger partial charge in [0.15, 0.2) is 0 Å². The molecule has 0 aliphatic heterocycles. The number of hydrogen-bond acceptors (Lipinski definition) is 4. The molecule has 1 fully saturated rings. The molecule has 0 bridgehead atoms. The van der Waals surface area contributed by atoms with Crippen LogP contribution in [0.15, 0.2) is 30.3 Å². The average molecular weight is 345 g/mol. The van der Waals surface area contributed by atoms with E-state index in [1.807, 2.05) is 31.2 Å². The molecule has 1 heterocycles. The summed E-state index contributed by atoms with van der Waals surface area (Å²) in [5.41, 5.74) is 1.22. The fourth-order valence-electron chi connectivity index (χ4n) is 3.22. The molecule has 0 unspecified atom stereocenters. The summed E-state index contributed by atoms with van der Waals surface area (Å²) in [6.07, 6.45) is 7.37. The Hall–Kier alpha value is -1.81. The maximum atomic E-state index is 6.03. The van der Waals surface area contributed by atoms with Gasteiger partial charge in [0, 0.05) is 23.7 Å². The number of nitrogens with one attached hydrogen (secondary N) is 2. The first-order valence-electron chi connectivity index (χ1n) is 8.79. The lowest BCUT2D eigenvalue weighted by molar-refractivity contribution is 0.462. The lowest BCUT2D eigenvalue weighted by Crippen LogP contribution is -2.23. The van der Waals surface area contributed by atoms with Gasteiger partial charge in [0.25, 0.3) is 0 Å². The molecule has 1 saturated carbocycles. The van der Waals surface area contributed by atoms with E-state index >= 15 is 0 Å². The van der Waals surface area contributed by atoms with Crippen molar-refractivity contribution in [3.63, 3.8) is 0 Å². The summed E-state index contributed by atoms with van der Waals surface area (Å²) in [5.74, 6) is 2.60. The van der Waals surface area contributed by atoms with Crippen molar-refractivity contribution in [2.24, 2.45) is 0 Å². The molecule has 0 saturated heterocycles. The number of aryl methyl sites for hydroxylation is 1. The number of hydrogen-bond donors (Lipinski definition) is 2. The van der Waals surface area contributed by atoms with Gasteiger partial charge in [-0.3, -0.25) is 0 Å². The highest BCUT2D eigenvalue weighted by Gasteiger charge is 2.14. The minimum atomic E-state index is 0.548. The number of halogens is 1. The molecule has 1 aromatic heterocycles. The Labute approximate surface area is 149 Å². The number of anilines is 2. The minimum absolute atomic E-state index is 0.548. The van der Waals surface area contributed by atoms with Crippen LogP contribution < -0.4 is 10.6 Å². The van der Waals surface area contributed by atoms with E-state index in [1.54, 1.807) is 0 Å². The van der Waals surface area contributed by atoms with Crippen molar-refractivity contribution >= 4 is 23.2 Å². The van der Waals surface area contributed by atoms with Crippen LogP contribution in [-0.4, -0.2) is 22.6 Å². The Morgan fingerprint density at radius 3 is 2.67 bits per heavy atom. The average Bonchev–Trinajstić information content (AvgIpc) is 2.55. The summed E-state index contributed by atoms with van der Waals surface area (Å²) < 4.78 is 0. The summed E-state index contributed by atoms with van der Waals surface area (Å²) in [6.45, 7) is 2.76. The number of benzene rings is 1. The first-order valence-corrected chi connectivity index (χ1v) is 9.17. The Bertz CT molecular complexity index is 668. The highest BCUT2D eigenvalue weighted by Crippen LogP contribution is 2.22. The quantitative estimate of drug-likeness (QED) is 0.787. The first kappa shape index (κ1) is 17.0. The largest absolute Gasteiger partial charge is 0.370 e. The normalized spacial score (nSPS) is 15.2. The van der Waals surface area contributed by atoms with Gasteiger partial charge in [-0.25, -0.2) is 9.97 Å². The van der Waals surface area contributed by atoms with Crippen LogP contribution in [0.25, 0.3) is 0 Å². The van der Waals surface area contributed by atoms with Gasteiger partial charge in [-0.1, -0.05) is 43.0 Å². The van der Waals surface area contributed by atoms with Gasteiger partial charge in [-0.2, -0.15) is 0 Å². The second-order valence-corrected chi connectivity index (χ2v) is 6.91. The van der Waals surface area contributed by atoms with Crippen molar-refractivity contribution in [1.82, 2.24) is 9.97 Å². The van der Waals surface area contributed by atoms with Crippen molar-refractivity contribution in [3.8, 4) is 0 Å². The summed E-state index contributed by atoms with van der Waals surface area (Å²) >= 11 is 6.03. The summed E-state index contributed by atoms with van der Waals surface area (Å²) in [4.78, 5) is 9.01. The SMILES string of the molecule is Cc1nc(NCCc2cccc(Cl)c2)cc(NC2CCCCC2)n1. The van der Waals surface area contributed by atoms with E-state index in [0.29, 0.717) is 6.04 Å². The summed E-state index contributed by atoms with van der Waals surface area (Å²) in [7, 11) is 0. The molecule has 3 rings (SSSR count). The monoisotopic (exact) mass is 344 g/mol. The van der Waals surface area contributed by atoms with E-state index in [1.165, 1.54) is 37.7 Å². The van der Waals surface area contributed by atoms with E-state index in [0.717, 1.165) is 35.4 Å². The first-order chi connectivity index (χ1) is 11.7. The van der Waals surface area contributed by atoms with Crippen LogP contribution >= 0.6 is 11.6 Å². The van der Waals surface area contributed by atoms with Gasteiger partial charge in [0.2, 0.25) is 0 Å². The van der Waals surface area contributed by atoms with Crippen molar-refractivity contribution in [2.75, 3.05) is 17.2 Å². The Morgan fingerprint density at radius 2 is 1.88 bits per heavy atom. The fraction of sp³-hybridized carbons (Fsp3) is 0.474. The second kappa shape index (κ2) is 8.34. The van der Waals surface area contributed by atoms with E-state index in [4.69, 9.17) is 11.6 Å². The van der Waals surface area contributed by atoms with Gasteiger partial charge in [0.1, 0.15) is 17.5 Å². The molecular formula is C19H25ClN4. The lowest BCUT2D eigenvalue weighted by atomic mass is 9.95. The third-order valence-electron chi connectivity index (χ3n) is 4.40. The highest BCUT2D eigenvalue weighted by atomic mass is 35.5. The molecule has 4 nitrogen and oxygen atoms in total. The van der Waals surface area contributed by atoms with E-state index in [2.05, 4.69) is 26.7 Å². The van der Waals surface area contributed by atoms with Gasteiger partial charge in [-0.15, -0.1) is 0 Å². The molecule has 1 aliphatic rings. The molecule has 0 spiro atoms. The van der Waals surface area contributed by atoms with Crippen LogP contribution in [0.5, 0.6) is 0 Å². The Balaban J connectivity index is 1.56. The maximum absolute atomic E-state index is 6.03. The topological polar surface area (TPSA) is 49.8 Å². The highest BCUT2D eigenvalue weighted by molar-refractivity contribution is 6.30. The molecule has 24 heavy (non-hydrogen) atoms. The molecule has 1 aliphatic carbocycles. The van der Waals surface area contributed by atoms with E-state index in [-0.39, 0.29) is 0 Å². The number of nitrogens with zero attached hydrogens (tertiary/aromatic N) is 2. The van der Waals surface area contributed by atoms with Gasteiger partial charge >= 0.3 is 0 Å². The minimum Gasteiger partial charge on any atom is -0.370 e. The maximum Gasteiger partial charge on any atom is 0.132 e. The molecular weight excluding hydrogens is 320 g/mol. The lowest BCUT2D eigenvalue weighted by Gasteiger charge is -2.23. The van der Waals surface area contributed by atoms with Crippen molar-refractivity contribution < 1.29 is 0 Å². The molecule has 0 radical (unpaired) electrons. The van der Waals surface area contributed by atoms with Crippen LogP contribution in [-0.2, 0) is 6.42 Å². The molecule has 128 valence electrons. The molecule has 2 N–H and O–H groups in total. The predicted molar refractivity (Wildman–Crippen MR) is 101 cm³/mol. The smallest absolute Gasteiger partial charge is 0.132 e. The van der Waals surface area contributed by atoms with Crippen LogP contribution in [0.2, 0.25) is 5.02 Å².